The minimum absolute atomic E-state index is 0.114. The zero-order chi connectivity index (χ0) is 23.4. The van der Waals surface area contributed by atoms with Gasteiger partial charge in [-0.05, 0) is 39.8 Å². The van der Waals surface area contributed by atoms with Crippen LogP contribution in [0.5, 0.6) is 5.75 Å². The highest BCUT2D eigenvalue weighted by Crippen LogP contribution is 2.33. The van der Waals surface area contributed by atoms with Crippen molar-refractivity contribution in [1.29, 1.82) is 0 Å². The van der Waals surface area contributed by atoms with Gasteiger partial charge in [-0.2, -0.15) is 5.10 Å². The topological polar surface area (TPSA) is 69.6 Å². The molecule has 0 saturated carbocycles. The highest BCUT2D eigenvalue weighted by molar-refractivity contribution is 6.43. The van der Waals surface area contributed by atoms with E-state index in [2.05, 4.69) is 35.7 Å². The highest BCUT2D eigenvalue weighted by Gasteiger charge is 2.21. The molecule has 8 nitrogen and oxygen atoms in total. The number of carbonyl (C=O) groups is 1. The third-order valence-electron chi connectivity index (χ3n) is 4.60. The largest absolute Gasteiger partial charge is 0.492 e. The van der Waals surface area contributed by atoms with Gasteiger partial charge in [0.25, 0.3) is 0 Å². The maximum atomic E-state index is 12.6. The number of nitrogens with one attached hydrogen (secondary N) is 1. The second-order valence-corrected chi connectivity index (χ2v) is 6.61. The van der Waals surface area contributed by atoms with Crippen molar-refractivity contribution in [2.45, 2.75) is 27.7 Å². The molecular formula is C23H37N5O3. The number of anilines is 2. The van der Waals surface area contributed by atoms with Crippen LogP contribution in [-0.2, 0) is 9.53 Å². The fourth-order valence-corrected chi connectivity index (χ4v) is 2.89. The van der Waals surface area contributed by atoms with E-state index in [4.69, 9.17) is 9.47 Å². The molecule has 172 valence electrons. The minimum atomic E-state index is -0.540. The Morgan fingerprint density at radius 3 is 2.39 bits per heavy atom. The lowest BCUT2D eigenvalue weighted by Crippen LogP contribution is -2.29. The molecule has 0 aliphatic carbocycles. The Hall–Kier alpha value is -3.16. The molecular weight excluding hydrogens is 394 g/mol. The van der Waals surface area contributed by atoms with Gasteiger partial charge in [-0.15, -0.1) is 0 Å². The predicted molar refractivity (Wildman–Crippen MR) is 129 cm³/mol. The monoisotopic (exact) mass is 431 g/mol. The second kappa shape index (κ2) is 13.2. The van der Waals surface area contributed by atoms with E-state index in [9.17, 15) is 4.79 Å². The first-order valence-corrected chi connectivity index (χ1v) is 10.6. The van der Waals surface area contributed by atoms with E-state index in [1.165, 1.54) is 0 Å². The molecule has 0 heterocycles. The van der Waals surface area contributed by atoms with Crippen molar-refractivity contribution in [2.24, 2.45) is 5.10 Å². The summed E-state index contributed by atoms with van der Waals surface area (Å²) in [4.78, 5) is 16.6. The lowest BCUT2D eigenvalue weighted by atomic mass is 10.2. The number of carbonyl (C=O) groups excluding carboxylic acids is 1. The number of rotatable bonds is 13. The van der Waals surface area contributed by atoms with Gasteiger partial charge in [0.15, 0.2) is 5.71 Å². The molecule has 0 aromatic heterocycles. The van der Waals surface area contributed by atoms with Crippen LogP contribution < -0.4 is 20.0 Å². The van der Waals surface area contributed by atoms with E-state index >= 15 is 0 Å². The third-order valence-corrected chi connectivity index (χ3v) is 4.60. The molecule has 8 heteroatoms. The molecule has 0 atom stereocenters. The fraction of sp³-hybridized carbons (Fsp3) is 0.478. The van der Waals surface area contributed by atoms with Crippen molar-refractivity contribution < 1.29 is 14.3 Å². The Bertz CT molecular complexity index is 787. The minimum Gasteiger partial charge on any atom is -0.492 e. The van der Waals surface area contributed by atoms with Crippen molar-refractivity contribution in [3.05, 3.63) is 42.9 Å². The molecule has 31 heavy (non-hydrogen) atoms. The number of nitrogens with zero attached hydrogens (tertiary/aromatic N) is 4. The van der Waals surface area contributed by atoms with Gasteiger partial charge in [0.2, 0.25) is 0 Å². The first-order chi connectivity index (χ1) is 14.8. The van der Waals surface area contributed by atoms with Gasteiger partial charge >= 0.3 is 5.97 Å². The van der Waals surface area contributed by atoms with Gasteiger partial charge < -0.3 is 24.6 Å². The summed E-state index contributed by atoms with van der Waals surface area (Å²) in [6.07, 6.45) is 3.48. The molecule has 1 aromatic carbocycles. The maximum Gasteiger partial charge on any atom is 0.360 e. The van der Waals surface area contributed by atoms with Crippen LogP contribution >= 0.6 is 0 Å². The van der Waals surface area contributed by atoms with E-state index in [-0.39, 0.29) is 12.3 Å². The number of ether oxygens (including phenoxy) is 2. The summed E-state index contributed by atoms with van der Waals surface area (Å²) in [5, 5.41) is 9.06. The SMILES string of the molecule is C=C(/C(=N/N(C)c1ccc(N(CC)CC)cc1OCC)C(=O)OCC)N(C)/C=C\NC. The van der Waals surface area contributed by atoms with E-state index in [1.807, 2.05) is 25.1 Å². The Kier molecular flexibility index (Phi) is 11.0. The normalized spacial score (nSPS) is 11.3. The third kappa shape index (κ3) is 7.24. The smallest absolute Gasteiger partial charge is 0.360 e. The van der Waals surface area contributed by atoms with Crippen LogP contribution in [0.3, 0.4) is 0 Å². The molecule has 0 aliphatic rings. The predicted octanol–water partition coefficient (Wildman–Crippen LogP) is 3.42. The van der Waals surface area contributed by atoms with Crippen LogP contribution in [0, 0.1) is 0 Å². The second-order valence-electron chi connectivity index (χ2n) is 6.61. The Morgan fingerprint density at radius 2 is 1.84 bits per heavy atom. The summed E-state index contributed by atoms with van der Waals surface area (Å²) in [6.45, 7) is 14.5. The molecule has 1 rings (SSSR count). The van der Waals surface area contributed by atoms with Crippen molar-refractivity contribution in [3.63, 3.8) is 0 Å². The van der Waals surface area contributed by atoms with Gasteiger partial charge in [-0.3, -0.25) is 5.01 Å². The summed E-state index contributed by atoms with van der Waals surface area (Å²) < 4.78 is 11.1. The summed E-state index contributed by atoms with van der Waals surface area (Å²) in [5.41, 5.74) is 2.33. The van der Waals surface area contributed by atoms with Crippen molar-refractivity contribution in [1.82, 2.24) is 10.2 Å². The molecule has 0 bridgehead atoms. The number of hydrogen-bond acceptors (Lipinski definition) is 8. The first kappa shape index (κ1) is 25.9. The van der Waals surface area contributed by atoms with Gasteiger partial charge in [-0.25, -0.2) is 4.79 Å². The Labute approximate surface area is 186 Å². The quantitative estimate of drug-likeness (QED) is 0.291. The molecule has 0 saturated heterocycles. The maximum absolute atomic E-state index is 12.6. The van der Waals surface area contributed by atoms with Crippen LogP contribution in [0.2, 0.25) is 0 Å². The summed E-state index contributed by atoms with van der Waals surface area (Å²) in [7, 11) is 5.35. The molecule has 0 radical (unpaired) electrons. The zero-order valence-electron chi connectivity index (χ0n) is 19.9. The summed E-state index contributed by atoms with van der Waals surface area (Å²) in [6, 6.07) is 5.97. The Morgan fingerprint density at radius 1 is 1.16 bits per heavy atom. The number of esters is 1. The molecule has 0 unspecified atom stereocenters. The highest BCUT2D eigenvalue weighted by atomic mass is 16.5. The molecule has 1 N–H and O–H groups in total. The van der Waals surface area contributed by atoms with Crippen LogP contribution in [0.4, 0.5) is 11.4 Å². The molecule has 0 aliphatic heterocycles. The average Bonchev–Trinajstić information content (AvgIpc) is 2.76. The van der Waals surface area contributed by atoms with Gasteiger partial charge in [0.05, 0.1) is 18.9 Å². The summed E-state index contributed by atoms with van der Waals surface area (Å²) in [5.74, 6) is 0.150. The molecule has 1 aromatic rings. The van der Waals surface area contributed by atoms with Crippen LogP contribution in [-0.4, -0.2) is 64.0 Å². The molecule has 0 spiro atoms. The molecule has 0 fully saturated rings. The van der Waals surface area contributed by atoms with Crippen molar-refractivity contribution >= 4 is 23.1 Å². The average molecular weight is 432 g/mol. The lowest BCUT2D eigenvalue weighted by Gasteiger charge is -2.25. The van der Waals surface area contributed by atoms with Crippen LogP contribution in [0.15, 0.2) is 48.0 Å². The number of benzene rings is 1. The van der Waals surface area contributed by atoms with E-state index in [0.29, 0.717) is 18.1 Å². The van der Waals surface area contributed by atoms with E-state index in [1.54, 1.807) is 50.4 Å². The van der Waals surface area contributed by atoms with Gasteiger partial charge in [0, 0.05) is 58.4 Å². The first-order valence-electron chi connectivity index (χ1n) is 10.6. The summed E-state index contributed by atoms with van der Waals surface area (Å²) >= 11 is 0. The van der Waals surface area contributed by atoms with E-state index < -0.39 is 5.97 Å². The molecule has 0 amide bonds. The Balaban J connectivity index is 3.39. The van der Waals surface area contributed by atoms with Crippen molar-refractivity contribution in [2.75, 3.05) is 57.4 Å². The number of hydrazone groups is 1. The van der Waals surface area contributed by atoms with Gasteiger partial charge in [0.1, 0.15) is 11.4 Å². The van der Waals surface area contributed by atoms with Crippen molar-refractivity contribution in [3.8, 4) is 5.75 Å². The fourth-order valence-electron chi connectivity index (χ4n) is 2.89. The zero-order valence-corrected chi connectivity index (χ0v) is 19.9. The standard InChI is InChI=1S/C23H37N5O3/c1-9-28(10-2)19-13-14-20(21(17-19)30-11-3)27(8)25-22(23(29)31-12-4)18(5)26(7)16-15-24-6/h13-17,24H,5,9-12H2,1-4,6-8H3/b16-15-,25-22-. The van der Waals surface area contributed by atoms with Crippen LogP contribution in [0.25, 0.3) is 0 Å². The lowest BCUT2D eigenvalue weighted by molar-refractivity contribution is -0.135. The number of hydrogen-bond donors (Lipinski definition) is 1. The van der Waals surface area contributed by atoms with Gasteiger partial charge in [-0.1, -0.05) is 6.58 Å². The van der Waals surface area contributed by atoms with Crippen LogP contribution in [0.1, 0.15) is 27.7 Å². The van der Waals surface area contributed by atoms with E-state index in [0.717, 1.165) is 24.5 Å².